The van der Waals surface area contributed by atoms with Gasteiger partial charge in [0.25, 0.3) is 0 Å². The molecule has 0 aromatic heterocycles. The van der Waals surface area contributed by atoms with Gasteiger partial charge in [-0.2, -0.15) is 0 Å². The number of carbonyl (C=O) groups excluding carboxylic acids is 1. The van der Waals surface area contributed by atoms with E-state index in [1.165, 1.54) is 12.1 Å². The normalized spacial score (nSPS) is 19.6. The smallest absolute Gasteiger partial charge is 0.337 e. The first-order valence-corrected chi connectivity index (χ1v) is 7.60. The molecule has 2 aliphatic heterocycles. The summed E-state index contributed by atoms with van der Waals surface area (Å²) in [6.45, 7) is -1.43. The van der Waals surface area contributed by atoms with E-state index in [2.05, 4.69) is 5.32 Å². The molecule has 1 aromatic rings. The van der Waals surface area contributed by atoms with Gasteiger partial charge in [0.1, 0.15) is 19.1 Å². The molecule has 3 rings (SSSR count). The standard InChI is InChI=1S/C17H13F4NO4/c18-5-10-14(16(23)24)13(15-11(22-10)6-26-17(15)25)7-2-1-3-9(19)8(7)4-12(20)21/h1-3,12-13,22H,4-6H2,(H,23,24). The molecule has 2 heterocycles. The lowest BCUT2D eigenvalue weighted by atomic mass is 9.78. The fourth-order valence-corrected chi connectivity index (χ4v) is 3.26. The molecule has 2 N–H and O–H groups in total. The van der Waals surface area contributed by atoms with E-state index in [-0.39, 0.29) is 29.1 Å². The Morgan fingerprint density at radius 3 is 2.73 bits per heavy atom. The minimum absolute atomic E-state index is 0.124. The zero-order chi connectivity index (χ0) is 19.0. The number of carboxylic acid groups (broad SMARTS) is 1. The summed E-state index contributed by atoms with van der Waals surface area (Å²) in [6.07, 6.45) is -3.86. The van der Waals surface area contributed by atoms with Gasteiger partial charge < -0.3 is 15.2 Å². The van der Waals surface area contributed by atoms with Gasteiger partial charge in [0.05, 0.1) is 28.5 Å². The number of aliphatic carboxylic acids is 1. The van der Waals surface area contributed by atoms with Gasteiger partial charge in [0.2, 0.25) is 6.43 Å². The first kappa shape index (κ1) is 18.0. The fourth-order valence-electron chi connectivity index (χ4n) is 3.26. The van der Waals surface area contributed by atoms with Crippen molar-refractivity contribution in [1.29, 1.82) is 0 Å². The Morgan fingerprint density at radius 1 is 1.38 bits per heavy atom. The minimum atomic E-state index is -2.89. The largest absolute Gasteiger partial charge is 0.478 e. The zero-order valence-electron chi connectivity index (χ0n) is 13.2. The highest BCUT2D eigenvalue weighted by Gasteiger charge is 2.43. The van der Waals surface area contributed by atoms with E-state index in [1.807, 2.05) is 0 Å². The summed E-state index contributed by atoms with van der Waals surface area (Å²) in [5.74, 6) is -4.77. The molecule has 0 saturated heterocycles. The Morgan fingerprint density at radius 2 is 2.12 bits per heavy atom. The Bertz CT molecular complexity index is 847. The highest BCUT2D eigenvalue weighted by Crippen LogP contribution is 2.43. The number of cyclic esters (lactones) is 1. The van der Waals surface area contributed by atoms with Crippen molar-refractivity contribution in [3.05, 3.63) is 57.7 Å². The third-order valence-corrected chi connectivity index (χ3v) is 4.29. The van der Waals surface area contributed by atoms with E-state index in [1.54, 1.807) is 0 Å². The Labute approximate surface area is 144 Å². The Balaban J connectivity index is 2.26. The van der Waals surface area contributed by atoms with Crippen LogP contribution < -0.4 is 5.32 Å². The summed E-state index contributed by atoms with van der Waals surface area (Å²) in [5.41, 5.74) is -1.40. The molecule has 1 aromatic carbocycles. The molecule has 5 nitrogen and oxygen atoms in total. The minimum Gasteiger partial charge on any atom is -0.478 e. The molecule has 0 fully saturated rings. The maximum absolute atomic E-state index is 14.2. The van der Waals surface area contributed by atoms with Crippen molar-refractivity contribution in [1.82, 2.24) is 5.32 Å². The lowest BCUT2D eigenvalue weighted by Gasteiger charge is -2.28. The first-order valence-electron chi connectivity index (χ1n) is 7.60. The molecule has 0 amide bonds. The number of hydrogen-bond acceptors (Lipinski definition) is 4. The molecule has 138 valence electrons. The number of alkyl halides is 3. The molecule has 0 spiro atoms. The second kappa shape index (κ2) is 6.81. The molecule has 2 aliphatic rings. The highest BCUT2D eigenvalue weighted by atomic mass is 19.3. The molecule has 1 atom stereocenters. The van der Waals surface area contributed by atoms with Crippen LogP contribution in [-0.2, 0) is 20.7 Å². The number of hydrogen-bond donors (Lipinski definition) is 2. The average Bonchev–Trinajstić information content (AvgIpc) is 2.95. The van der Waals surface area contributed by atoms with Crippen LogP contribution in [0, 0.1) is 5.82 Å². The number of allylic oxidation sites excluding steroid dienone is 1. The van der Waals surface area contributed by atoms with E-state index in [0.717, 1.165) is 6.07 Å². The number of nitrogens with one attached hydrogen (secondary N) is 1. The lowest BCUT2D eigenvalue weighted by molar-refractivity contribution is -0.136. The third-order valence-electron chi connectivity index (χ3n) is 4.29. The first-order chi connectivity index (χ1) is 12.3. The molecule has 0 aliphatic carbocycles. The van der Waals surface area contributed by atoms with E-state index < -0.39 is 54.3 Å². The quantitative estimate of drug-likeness (QED) is 0.614. The summed E-state index contributed by atoms with van der Waals surface area (Å²) in [6, 6.07) is 3.44. The topological polar surface area (TPSA) is 75.6 Å². The highest BCUT2D eigenvalue weighted by molar-refractivity contribution is 6.00. The van der Waals surface area contributed by atoms with Gasteiger partial charge in [-0.15, -0.1) is 0 Å². The number of carbonyl (C=O) groups is 2. The molecule has 26 heavy (non-hydrogen) atoms. The molecule has 0 radical (unpaired) electrons. The monoisotopic (exact) mass is 371 g/mol. The van der Waals surface area contributed by atoms with Crippen LogP contribution in [0.3, 0.4) is 0 Å². The number of rotatable bonds is 5. The van der Waals surface area contributed by atoms with Gasteiger partial charge >= 0.3 is 11.9 Å². The van der Waals surface area contributed by atoms with Crippen molar-refractivity contribution in [3.8, 4) is 0 Å². The number of benzene rings is 1. The fraction of sp³-hybridized carbons (Fsp3) is 0.294. The van der Waals surface area contributed by atoms with Gasteiger partial charge in [-0.3, -0.25) is 0 Å². The summed E-state index contributed by atoms with van der Waals surface area (Å²) in [5, 5.41) is 12.1. The summed E-state index contributed by atoms with van der Waals surface area (Å²) < 4.78 is 58.3. The van der Waals surface area contributed by atoms with Crippen LogP contribution in [0.15, 0.2) is 40.7 Å². The predicted molar refractivity (Wildman–Crippen MR) is 80.6 cm³/mol. The number of carboxylic acids is 1. The molecular formula is C17H13F4NO4. The van der Waals surface area contributed by atoms with Crippen molar-refractivity contribution in [2.75, 3.05) is 13.3 Å². The molecule has 9 heteroatoms. The van der Waals surface area contributed by atoms with E-state index in [0.29, 0.717) is 0 Å². The molecule has 0 saturated carbocycles. The van der Waals surface area contributed by atoms with Crippen LogP contribution in [0.25, 0.3) is 0 Å². The second-order valence-corrected chi connectivity index (χ2v) is 5.76. The van der Waals surface area contributed by atoms with Crippen molar-refractivity contribution in [2.45, 2.75) is 18.8 Å². The third kappa shape index (κ3) is 2.93. The van der Waals surface area contributed by atoms with Crippen LogP contribution in [0.4, 0.5) is 17.6 Å². The molecule has 1 unspecified atom stereocenters. The molecule has 0 bridgehead atoms. The summed E-state index contributed by atoms with van der Waals surface area (Å²) >= 11 is 0. The van der Waals surface area contributed by atoms with Gasteiger partial charge in [0.15, 0.2) is 0 Å². The zero-order valence-corrected chi connectivity index (χ0v) is 13.2. The van der Waals surface area contributed by atoms with E-state index in [4.69, 9.17) is 4.74 Å². The van der Waals surface area contributed by atoms with Crippen LogP contribution in [0.1, 0.15) is 17.0 Å². The number of dihydropyridines is 1. The van der Waals surface area contributed by atoms with E-state index >= 15 is 0 Å². The van der Waals surface area contributed by atoms with Crippen LogP contribution in [0.5, 0.6) is 0 Å². The Hall–Kier alpha value is -2.84. The summed E-state index contributed by atoms with van der Waals surface area (Å²) in [7, 11) is 0. The van der Waals surface area contributed by atoms with Gasteiger partial charge in [-0.05, 0) is 17.2 Å². The van der Waals surface area contributed by atoms with Crippen LogP contribution >= 0.6 is 0 Å². The van der Waals surface area contributed by atoms with Gasteiger partial charge in [-0.1, -0.05) is 12.1 Å². The maximum Gasteiger partial charge on any atom is 0.337 e. The summed E-state index contributed by atoms with van der Waals surface area (Å²) in [4.78, 5) is 23.8. The van der Waals surface area contributed by atoms with Crippen LogP contribution in [-0.4, -0.2) is 36.8 Å². The average molecular weight is 371 g/mol. The Kier molecular flexibility index (Phi) is 4.71. The number of halogens is 4. The molecular weight excluding hydrogens is 358 g/mol. The van der Waals surface area contributed by atoms with Crippen molar-refractivity contribution >= 4 is 11.9 Å². The van der Waals surface area contributed by atoms with Crippen LogP contribution in [0.2, 0.25) is 0 Å². The lowest BCUT2D eigenvalue weighted by Crippen LogP contribution is -2.32. The predicted octanol–water partition coefficient (Wildman–Crippen LogP) is 2.44. The SMILES string of the molecule is O=C(O)C1=C(CF)NC2=C(C(=O)OC2)C1c1cccc(F)c1CC(F)F. The van der Waals surface area contributed by atoms with Gasteiger partial charge in [0, 0.05) is 6.42 Å². The van der Waals surface area contributed by atoms with Gasteiger partial charge in [-0.25, -0.2) is 27.2 Å². The number of esters is 1. The second-order valence-electron chi connectivity index (χ2n) is 5.76. The number of ether oxygens (including phenoxy) is 1. The maximum atomic E-state index is 14.2. The van der Waals surface area contributed by atoms with E-state index in [9.17, 15) is 32.3 Å². The van der Waals surface area contributed by atoms with Crippen molar-refractivity contribution in [2.24, 2.45) is 0 Å². The van der Waals surface area contributed by atoms with Crippen molar-refractivity contribution < 1.29 is 37.0 Å². The van der Waals surface area contributed by atoms with Crippen molar-refractivity contribution in [3.63, 3.8) is 0 Å².